The van der Waals surface area contributed by atoms with Crippen molar-refractivity contribution in [3.05, 3.63) is 54.1 Å². The Kier molecular flexibility index (Phi) is 6.50. The Morgan fingerprint density at radius 3 is 2.59 bits per heavy atom. The summed E-state index contributed by atoms with van der Waals surface area (Å²) in [6, 6.07) is 13.4. The molecular weight excluding hydrogens is 456 g/mol. The number of nitrogens with one attached hydrogen (secondary N) is 1. The Bertz CT molecular complexity index is 1130. The molecule has 3 aliphatic rings. The quantitative estimate of drug-likeness (QED) is 0.651. The highest BCUT2D eigenvalue weighted by atomic mass is 32.2. The van der Waals surface area contributed by atoms with Crippen LogP contribution in [0.3, 0.4) is 0 Å². The van der Waals surface area contributed by atoms with Crippen molar-refractivity contribution in [2.45, 2.75) is 61.2 Å². The maximum Gasteiger partial charge on any atom is 0.261 e. The molecule has 182 valence electrons. The highest BCUT2D eigenvalue weighted by Crippen LogP contribution is 2.47. The van der Waals surface area contributed by atoms with Crippen LogP contribution in [0.1, 0.15) is 43.6 Å². The van der Waals surface area contributed by atoms with Gasteiger partial charge in [-0.3, -0.25) is 9.52 Å². The lowest BCUT2D eigenvalue weighted by Gasteiger charge is -2.38. The monoisotopic (exact) mass is 486 g/mol. The van der Waals surface area contributed by atoms with Gasteiger partial charge in [0.15, 0.2) is 0 Å². The van der Waals surface area contributed by atoms with Gasteiger partial charge in [-0.25, -0.2) is 8.42 Å². The number of hydrogen-bond acceptors (Lipinski definition) is 6. The van der Waals surface area contributed by atoms with Gasteiger partial charge in [-0.05, 0) is 56.0 Å². The van der Waals surface area contributed by atoms with E-state index < -0.39 is 16.1 Å². The number of sulfonamides is 1. The summed E-state index contributed by atoms with van der Waals surface area (Å²) in [6.07, 6.45) is 2.82. The van der Waals surface area contributed by atoms with E-state index in [4.69, 9.17) is 9.47 Å². The number of carbonyl (C=O) groups is 1. The van der Waals surface area contributed by atoms with E-state index in [1.54, 1.807) is 48.5 Å². The number of anilines is 1. The van der Waals surface area contributed by atoms with Gasteiger partial charge in [0.2, 0.25) is 5.91 Å². The average molecular weight is 487 g/mol. The lowest BCUT2D eigenvalue weighted by molar-refractivity contribution is -0.149. The summed E-state index contributed by atoms with van der Waals surface area (Å²) in [4.78, 5) is 14.9. The Hall–Kier alpha value is -2.62. The first-order valence-corrected chi connectivity index (χ1v) is 13.4. The first-order chi connectivity index (χ1) is 16.4. The van der Waals surface area contributed by atoms with Crippen LogP contribution in [0.15, 0.2) is 53.4 Å². The molecule has 8 nitrogen and oxygen atoms in total. The molecule has 0 spiro atoms. The predicted molar refractivity (Wildman–Crippen MR) is 126 cm³/mol. The van der Waals surface area contributed by atoms with Crippen LogP contribution in [0.4, 0.5) is 5.69 Å². The molecule has 0 aromatic heterocycles. The molecule has 3 heterocycles. The summed E-state index contributed by atoms with van der Waals surface area (Å²) in [5.41, 5.74) is 1.32. The minimum atomic E-state index is -3.72. The zero-order chi connectivity index (χ0) is 23.7. The number of fused-ring (bicyclic) bond motifs is 3. The SMILES string of the molecule is O=C(C[C@H]1C[C@@H]2c3cc(NS(=O)(=O)c4ccccc4)ccc3O[C@@H]2[C@@H](CO)O1)N1CCCCC1. The van der Waals surface area contributed by atoms with E-state index in [1.807, 2.05) is 4.90 Å². The average Bonchev–Trinajstić information content (AvgIpc) is 3.22. The Morgan fingerprint density at radius 2 is 1.85 bits per heavy atom. The highest BCUT2D eigenvalue weighted by molar-refractivity contribution is 7.92. The van der Waals surface area contributed by atoms with Gasteiger partial charge in [0.05, 0.1) is 24.0 Å². The number of piperidine rings is 1. The molecule has 0 saturated carbocycles. The lowest BCUT2D eigenvalue weighted by atomic mass is 9.84. The number of likely N-dealkylation sites (tertiary alicyclic amines) is 1. The number of aliphatic hydroxyl groups excluding tert-OH is 1. The van der Waals surface area contributed by atoms with Gasteiger partial charge < -0.3 is 19.5 Å². The van der Waals surface area contributed by atoms with Gasteiger partial charge in [-0.15, -0.1) is 0 Å². The van der Waals surface area contributed by atoms with Crippen molar-refractivity contribution in [3.8, 4) is 5.75 Å². The zero-order valence-electron chi connectivity index (χ0n) is 18.9. The molecule has 0 radical (unpaired) electrons. The van der Waals surface area contributed by atoms with Gasteiger partial charge in [0.1, 0.15) is 18.0 Å². The van der Waals surface area contributed by atoms with Crippen molar-refractivity contribution in [2.24, 2.45) is 0 Å². The van der Waals surface area contributed by atoms with Crippen LogP contribution in [0.5, 0.6) is 5.75 Å². The normalized spacial score (nSPS) is 26.3. The molecule has 2 saturated heterocycles. The Labute approximate surface area is 199 Å². The molecule has 0 aliphatic carbocycles. The molecule has 2 fully saturated rings. The minimum absolute atomic E-state index is 0.0864. The van der Waals surface area contributed by atoms with Crippen LogP contribution in [0.25, 0.3) is 0 Å². The Morgan fingerprint density at radius 1 is 1.09 bits per heavy atom. The van der Waals surface area contributed by atoms with E-state index in [9.17, 15) is 18.3 Å². The van der Waals surface area contributed by atoms with Crippen LogP contribution in [0, 0.1) is 0 Å². The molecule has 5 rings (SSSR count). The number of rotatable bonds is 6. The lowest BCUT2D eigenvalue weighted by Crippen LogP contribution is -2.48. The molecule has 1 amide bonds. The maximum absolute atomic E-state index is 12.8. The van der Waals surface area contributed by atoms with Crippen molar-refractivity contribution in [3.63, 3.8) is 0 Å². The second kappa shape index (κ2) is 9.56. The first-order valence-electron chi connectivity index (χ1n) is 11.9. The van der Waals surface area contributed by atoms with E-state index in [0.717, 1.165) is 37.9 Å². The largest absolute Gasteiger partial charge is 0.487 e. The van der Waals surface area contributed by atoms with Crippen molar-refractivity contribution >= 4 is 21.6 Å². The topological polar surface area (TPSA) is 105 Å². The summed E-state index contributed by atoms with van der Waals surface area (Å²) in [6.45, 7) is 1.37. The minimum Gasteiger partial charge on any atom is -0.487 e. The summed E-state index contributed by atoms with van der Waals surface area (Å²) in [7, 11) is -3.72. The number of benzene rings is 2. The van der Waals surface area contributed by atoms with Crippen LogP contribution in [-0.4, -0.2) is 62.3 Å². The molecule has 2 N–H and O–H groups in total. The van der Waals surface area contributed by atoms with E-state index in [1.165, 1.54) is 0 Å². The highest BCUT2D eigenvalue weighted by Gasteiger charge is 2.46. The van der Waals surface area contributed by atoms with Gasteiger partial charge in [-0.1, -0.05) is 18.2 Å². The van der Waals surface area contributed by atoms with E-state index in [0.29, 0.717) is 17.9 Å². The van der Waals surface area contributed by atoms with Gasteiger partial charge in [-0.2, -0.15) is 0 Å². The van der Waals surface area contributed by atoms with Crippen molar-refractivity contribution in [1.82, 2.24) is 4.90 Å². The van der Waals surface area contributed by atoms with Gasteiger partial charge in [0, 0.05) is 30.3 Å². The number of hydrogen-bond donors (Lipinski definition) is 2. The standard InChI is InChI=1S/C25H30N2O6S/c28-16-23-25-21(14-18(32-23)15-24(29)27-11-5-2-6-12-27)20-13-17(9-10-22(20)33-25)26-34(30,31)19-7-3-1-4-8-19/h1,3-4,7-10,13,18,21,23,25-26,28H,2,5-6,11-12,14-16H2/t18-,21-,23-,25+/m1/s1. The van der Waals surface area contributed by atoms with Gasteiger partial charge in [0.25, 0.3) is 10.0 Å². The zero-order valence-corrected chi connectivity index (χ0v) is 19.7. The molecule has 34 heavy (non-hydrogen) atoms. The molecule has 0 bridgehead atoms. The van der Waals surface area contributed by atoms with Crippen LogP contribution in [0.2, 0.25) is 0 Å². The number of nitrogens with zero attached hydrogens (tertiary/aromatic N) is 1. The van der Waals surface area contributed by atoms with E-state index in [-0.39, 0.29) is 42.0 Å². The third-order valence-corrected chi connectivity index (χ3v) is 8.31. The second-order valence-electron chi connectivity index (χ2n) is 9.22. The summed E-state index contributed by atoms with van der Waals surface area (Å²) in [5.74, 6) is 0.646. The van der Waals surface area contributed by atoms with Crippen LogP contribution < -0.4 is 9.46 Å². The van der Waals surface area contributed by atoms with Crippen LogP contribution >= 0.6 is 0 Å². The number of ether oxygens (including phenoxy) is 2. The fourth-order valence-electron chi connectivity index (χ4n) is 5.23. The van der Waals surface area contributed by atoms with Gasteiger partial charge >= 0.3 is 0 Å². The summed E-state index contributed by atoms with van der Waals surface area (Å²) >= 11 is 0. The molecule has 3 aliphatic heterocycles. The molecular formula is C25H30N2O6S. The molecule has 4 atom stereocenters. The van der Waals surface area contributed by atoms with E-state index >= 15 is 0 Å². The molecule has 2 aromatic rings. The molecule has 9 heteroatoms. The third-order valence-electron chi connectivity index (χ3n) is 6.92. The third kappa shape index (κ3) is 4.64. The van der Waals surface area contributed by atoms with Crippen molar-refractivity contribution in [1.29, 1.82) is 0 Å². The first kappa shape index (κ1) is 23.1. The Balaban J connectivity index is 1.34. The maximum atomic E-state index is 12.8. The smallest absolute Gasteiger partial charge is 0.261 e. The molecule has 0 unspecified atom stereocenters. The number of aliphatic hydroxyl groups is 1. The van der Waals surface area contributed by atoms with Crippen molar-refractivity contribution < 1.29 is 27.8 Å². The van der Waals surface area contributed by atoms with Crippen LogP contribution in [-0.2, 0) is 19.6 Å². The fraction of sp³-hybridized carbons (Fsp3) is 0.480. The molecule has 2 aromatic carbocycles. The number of carbonyl (C=O) groups excluding carboxylic acids is 1. The van der Waals surface area contributed by atoms with Crippen molar-refractivity contribution in [2.75, 3.05) is 24.4 Å². The number of amides is 1. The fourth-order valence-corrected chi connectivity index (χ4v) is 6.30. The summed E-state index contributed by atoms with van der Waals surface area (Å²) in [5, 5.41) is 9.96. The predicted octanol–water partition coefficient (Wildman–Crippen LogP) is 2.88. The second-order valence-corrected chi connectivity index (χ2v) is 10.9. The van der Waals surface area contributed by atoms with E-state index in [2.05, 4.69) is 4.72 Å². The summed E-state index contributed by atoms with van der Waals surface area (Å²) < 4.78 is 40.4.